The van der Waals surface area contributed by atoms with Crippen molar-refractivity contribution in [3.63, 3.8) is 0 Å². The van der Waals surface area contributed by atoms with Gasteiger partial charge in [-0.05, 0) is 43.9 Å². The summed E-state index contributed by atoms with van der Waals surface area (Å²) in [5, 5.41) is 10.2. The monoisotopic (exact) mass is 332 g/mol. The summed E-state index contributed by atoms with van der Waals surface area (Å²) in [6.45, 7) is 5.78. The van der Waals surface area contributed by atoms with E-state index in [2.05, 4.69) is 9.80 Å². The highest BCUT2D eigenvalue weighted by molar-refractivity contribution is 5.78. The summed E-state index contributed by atoms with van der Waals surface area (Å²) in [4.78, 5) is 16.2. The maximum Gasteiger partial charge on any atom is 0.222 e. The Morgan fingerprint density at radius 1 is 1.29 bits per heavy atom. The first kappa shape index (κ1) is 17.2. The number of hydrogen-bond donors (Lipinski definition) is 1. The fraction of sp³-hybridized carbons (Fsp3) is 0.632. The number of likely N-dealkylation sites (tertiary alicyclic amines) is 2. The maximum atomic E-state index is 11.8. The van der Waals surface area contributed by atoms with E-state index in [0.717, 1.165) is 56.6 Å². The second-order valence-electron chi connectivity index (χ2n) is 7.00. The first-order valence-corrected chi connectivity index (χ1v) is 9.01. The minimum Gasteiger partial charge on any atom is -0.491 e. The zero-order valence-electron chi connectivity index (χ0n) is 14.5. The van der Waals surface area contributed by atoms with Gasteiger partial charge in [0.25, 0.3) is 0 Å². The molecule has 1 aromatic carbocycles. The van der Waals surface area contributed by atoms with E-state index in [9.17, 15) is 9.90 Å². The Balaban J connectivity index is 1.38. The van der Waals surface area contributed by atoms with E-state index >= 15 is 0 Å². The summed E-state index contributed by atoms with van der Waals surface area (Å²) in [6.07, 6.45) is 3.26. The van der Waals surface area contributed by atoms with E-state index in [4.69, 9.17) is 4.74 Å². The smallest absolute Gasteiger partial charge is 0.222 e. The van der Waals surface area contributed by atoms with Crippen LogP contribution in [0.3, 0.4) is 0 Å². The molecular weight excluding hydrogens is 304 g/mol. The van der Waals surface area contributed by atoms with E-state index in [1.807, 2.05) is 31.2 Å². The molecule has 2 aliphatic rings. The average molecular weight is 332 g/mol. The molecule has 0 spiro atoms. The van der Waals surface area contributed by atoms with Gasteiger partial charge in [-0.3, -0.25) is 4.79 Å². The second kappa shape index (κ2) is 7.99. The Bertz CT molecular complexity index is 555. The minimum atomic E-state index is -0.490. The molecule has 0 saturated carbocycles. The molecule has 2 aliphatic heterocycles. The van der Waals surface area contributed by atoms with Crippen LogP contribution in [0, 0.1) is 6.92 Å². The van der Waals surface area contributed by atoms with Crippen LogP contribution in [0.1, 0.15) is 31.2 Å². The number of nitrogens with zero attached hydrogens (tertiary/aromatic N) is 2. The largest absolute Gasteiger partial charge is 0.491 e. The number of β-amino-alcohol motifs (C(OH)–C–C–N with tert-alkyl or cyclic N) is 1. The van der Waals surface area contributed by atoms with Crippen molar-refractivity contribution in [1.82, 2.24) is 9.80 Å². The number of ether oxygens (including phenoxy) is 1. The van der Waals surface area contributed by atoms with Crippen molar-refractivity contribution in [2.75, 3.05) is 32.8 Å². The van der Waals surface area contributed by atoms with Crippen molar-refractivity contribution in [2.45, 2.75) is 44.8 Å². The van der Waals surface area contributed by atoms with E-state index in [1.165, 1.54) is 0 Å². The zero-order valence-corrected chi connectivity index (χ0v) is 14.5. The fourth-order valence-corrected chi connectivity index (χ4v) is 3.72. The number of aliphatic hydroxyl groups is 1. The number of hydrogen-bond acceptors (Lipinski definition) is 4. The van der Waals surface area contributed by atoms with Crippen LogP contribution in [0.5, 0.6) is 5.75 Å². The van der Waals surface area contributed by atoms with Crippen LogP contribution in [0.4, 0.5) is 0 Å². The first-order chi connectivity index (χ1) is 11.6. The van der Waals surface area contributed by atoms with Crippen molar-refractivity contribution < 1.29 is 14.6 Å². The Hall–Kier alpha value is -1.59. The number of benzene rings is 1. The van der Waals surface area contributed by atoms with Gasteiger partial charge in [0.15, 0.2) is 0 Å². The highest BCUT2D eigenvalue weighted by Crippen LogP contribution is 2.22. The lowest BCUT2D eigenvalue weighted by molar-refractivity contribution is -0.130. The minimum absolute atomic E-state index is 0.313. The molecule has 0 aliphatic carbocycles. The number of carbonyl (C=O) groups excluding carboxylic acids is 1. The fourth-order valence-electron chi connectivity index (χ4n) is 3.72. The molecule has 2 heterocycles. The third kappa shape index (κ3) is 4.48. The maximum absolute atomic E-state index is 11.8. The number of carbonyl (C=O) groups is 1. The molecule has 5 nitrogen and oxygen atoms in total. The Morgan fingerprint density at radius 2 is 2.08 bits per heavy atom. The van der Waals surface area contributed by atoms with Gasteiger partial charge in [0.05, 0.1) is 0 Å². The number of rotatable bonds is 6. The topological polar surface area (TPSA) is 53.0 Å². The second-order valence-corrected chi connectivity index (χ2v) is 7.00. The quantitative estimate of drug-likeness (QED) is 0.863. The molecule has 1 amide bonds. The lowest BCUT2D eigenvalue weighted by Gasteiger charge is -2.37. The molecule has 3 rings (SSSR count). The molecule has 0 aromatic heterocycles. The standard InChI is InChI=1S/C19H28N2O3/c1-15-4-2-5-18(12-15)24-14-17(22)13-20-10-7-16(8-11-20)21-9-3-6-19(21)23/h2,4-5,12,16-17,22H,3,6-11,13-14H2,1H3. The van der Waals surface area contributed by atoms with Gasteiger partial charge in [-0.25, -0.2) is 0 Å². The van der Waals surface area contributed by atoms with Crippen LogP contribution in [0.25, 0.3) is 0 Å². The van der Waals surface area contributed by atoms with Gasteiger partial charge in [-0.15, -0.1) is 0 Å². The van der Waals surface area contributed by atoms with Crippen LogP contribution < -0.4 is 4.74 Å². The van der Waals surface area contributed by atoms with Crippen LogP contribution >= 0.6 is 0 Å². The average Bonchev–Trinajstić information content (AvgIpc) is 3.00. The summed E-state index contributed by atoms with van der Waals surface area (Å²) in [5.74, 6) is 1.13. The first-order valence-electron chi connectivity index (χ1n) is 9.01. The molecule has 1 atom stereocenters. The summed E-state index contributed by atoms with van der Waals surface area (Å²) >= 11 is 0. The van der Waals surface area contributed by atoms with Gasteiger partial charge < -0.3 is 19.6 Å². The Labute approximate surface area is 144 Å². The molecule has 132 valence electrons. The zero-order chi connectivity index (χ0) is 16.9. The lowest BCUT2D eigenvalue weighted by Crippen LogP contribution is -2.47. The van der Waals surface area contributed by atoms with Crippen LogP contribution in [-0.4, -0.2) is 65.7 Å². The third-order valence-electron chi connectivity index (χ3n) is 5.01. The molecule has 0 radical (unpaired) electrons. The van der Waals surface area contributed by atoms with Crippen molar-refractivity contribution in [1.29, 1.82) is 0 Å². The van der Waals surface area contributed by atoms with E-state index in [-0.39, 0.29) is 0 Å². The Morgan fingerprint density at radius 3 is 2.75 bits per heavy atom. The van der Waals surface area contributed by atoms with Gasteiger partial charge in [0.2, 0.25) is 5.91 Å². The van der Waals surface area contributed by atoms with E-state index in [1.54, 1.807) is 0 Å². The van der Waals surface area contributed by atoms with Crippen molar-refractivity contribution in [3.05, 3.63) is 29.8 Å². The van der Waals surface area contributed by atoms with Crippen LogP contribution in [0.15, 0.2) is 24.3 Å². The van der Waals surface area contributed by atoms with Gasteiger partial charge in [-0.1, -0.05) is 12.1 Å². The number of aliphatic hydroxyl groups excluding tert-OH is 1. The molecular formula is C19H28N2O3. The predicted molar refractivity (Wildman–Crippen MR) is 93.1 cm³/mol. The SMILES string of the molecule is Cc1cccc(OCC(O)CN2CCC(N3CCCC3=O)CC2)c1. The van der Waals surface area contributed by atoms with Gasteiger partial charge in [0, 0.05) is 38.6 Å². The molecule has 1 aromatic rings. The lowest BCUT2D eigenvalue weighted by atomic mass is 10.0. The van der Waals surface area contributed by atoms with E-state index < -0.39 is 6.10 Å². The number of aryl methyl sites for hydroxylation is 1. The molecule has 5 heteroatoms. The molecule has 2 saturated heterocycles. The molecule has 1 unspecified atom stereocenters. The summed E-state index contributed by atoms with van der Waals surface area (Å²) in [6, 6.07) is 8.28. The van der Waals surface area contributed by atoms with Crippen molar-refractivity contribution >= 4 is 5.91 Å². The summed E-state index contributed by atoms with van der Waals surface area (Å²) in [5.41, 5.74) is 1.15. The predicted octanol–water partition coefficient (Wildman–Crippen LogP) is 1.82. The molecule has 24 heavy (non-hydrogen) atoms. The highest BCUT2D eigenvalue weighted by atomic mass is 16.5. The van der Waals surface area contributed by atoms with Crippen molar-refractivity contribution in [2.24, 2.45) is 0 Å². The van der Waals surface area contributed by atoms with Crippen LogP contribution in [-0.2, 0) is 4.79 Å². The molecule has 1 N–H and O–H groups in total. The normalized spacial score (nSPS) is 21.2. The van der Waals surface area contributed by atoms with Crippen LogP contribution in [0.2, 0.25) is 0 Å². The number of amides is 1. The van der Waals surface area contributed by atoms with Gasteiger partial charge in [-0.2, -0.15) is 0 Å². The van der Waals surface area contributed by atoms with Gasteiger partial charge >= 0.3 is 0 Å². The van der Waals surface area contributed by atoms with Crippen molar-refractivity contribution in [3.8, 4) is 5.75 Å². The highest BCUT2D eigenvalue weighted by Gasteiger charge is 2.30. The summed E-state index contributed by atoms with van der Waals surface area (Å²) < 4.78 is 5.68. The number of piperidine rings is 1. The molecule has 0 bridgehead atoms. The third-order valence-corrected chi connectivity index (χ3v) is 5.01. The summed E-state index contributed by atoms with van der Waals surface area (Å²) in [7, 11) is 0. The Kier molecular flexibility index (Phi) is 5.74. The molecule has 2 fully saturated rings. The van der Waals surface area contributed by atoms with Gasteiger partial charge in [0.1, 0.15) is 18.5 Å². The van der Waals surface area contributed by atoms with E-state index in [0.29, 0.717) is 25.1 Å².